The molecule has 3 rings (SSSR count). The molecule has 1 aromatic carbocycles. The zero-order valence-electron chi connectivity index (χ0n) is 13.2. The van der Waals surface area contributed by atoms with E-state index in [1.807, 2.05) is 0 Å². The monoisotopic (exact) mass is 285 g/mol. The van der Waals surface area contributed by atoms with E-state index in [9.17, 15) is 4.79 Å². The lowest BCUT2D eigenvalue weighted by atomic mass is 10.0. The van der Waals surface area contributed by atoms with Crippen LogP contribution >= 0.6 is 0 Å². The number of nitrogens with zero attached hydrogens (tertiary/aromatic N) is 2. The number of nitrogens with two attached hydrogens (primary N) is 1. The minimum atomic E-state index is -0.269. The second kappa shape index (κ2) is 4.88. The van der Waals surface area contributed by atoms with Crippen LogP contribution in [0.5, 0.6) is 0 Å². The van der Waals surface area contributed by atoms with Crippen LogP contribution in [0, 0.1) is 6.92 Å². The van der Waals surface area contributed by atoms with Gasteiger partial charge in [-0.1, -0.05) is 0 Å². The molecule has 0 aliphatic carbocycles. The number of fused-ring (bicyclic) bond motifs is 2. The van der Waals surface area contributed by atoms with Gasteiger partial charge in [-0.05, 0) is 49.6 Å². The van der Waals surface area contributed by atoms with Crippen molar-refractivity contribution < 1.29 is 4.79 Å². The van der Waals surface area contributed by atoms with Crippen LogP contribution in [0.25, 0.3) is 10.9 Å². The molecular formula is C17H23N3O. The first-order valence-corrected chi connectivity index (χ1v) is 7.50. The van der Waals surface area contributed by atoms with Gasteiger partial charge >= 0.3 is 0 Å². The molecule has 2 N–H and O–H groups in total. The van der Waals surface area contributed by atoms with Crippen LogP contribution < -0.4 is 5.73 Å². The molecule has 4 heteroatoms. The lowest BCUT2D eigenvalue weighted by Crippen LogP contribution is -2.24. The number of aryl methyl sites for hydroxylation is 1. The van der Waals surface area contributed by atoms with E-state index in [1.54, 1.807) is 0 Å². The Balaban J connectivity index is 2.14. The van der Waals surface area contributed by atoms with E-state index < -0.39 is 0 Å². The zero-order valence-corrected chi connectivity index (χ0v) is 13.2. The lowest BCUT2D eigenvalue weighted by Gasteiger charge is -2.18. The molecule has 4 nitrogen and oxygen atoms in total. The van der Waals surface area contributed by atoms with Crippen molar-refractivity contribution in [2.24, 2.45) is 12.8 Å². The van der Waals surface area contributed by atoms with Crippen LogP contribution in [0.15, 0.2) is 12.1 Å². The summed E-state index contributed by atoms with van der Waals surface area (Å²) in [5, 5.41) is 1.18. The highest BCUT2D eigenvalue weighted by atomic mass is 16.1. The van der Waals surface area contributed by atoms with Crippen molar-refractivity contribution in [3.05, 3.63) is 34.5 Å². The molecule has 1 aliphatic rings. The standard InChI is InChI=1S/C17H23N3O/c1-10(2)20-8-12-5-15-14(7-17(18)21)11(3)19(4)16(15)6-13(12)9-20/h5-6,10H,7-9H2,1-4H3,(H2,18,21). The summed E-state index contributed by atoms with van der Waals surface area (Å²) in [6.07, 6.45) is 0.315. The summed E-state index contributed by atoms with van der Waals surface area (Å²) >= 11 is 0. The van der Waals surface area contributed by atoms with Gasteiger partial charge in [-0.15, -0.1) is 0 Å². The first-order valence-electron chi connectivity index (χ1n) is 7.50. The average Bonchev–Trinajstić information content (AvgIpc) is 2.92. The van der Waals surface area contributed by atoms with Crippen LogP contribution in [0.1, 0.15) is 36.2 Å². The summed E-state index contributed by atoms with van der Waals surface area (Å²) in [6, 6.07) is 5.09. The molecule has 0 bridgehead atoms. The molecule has 0 atom stereocenters. The Kier molecular flexibility index (Phi) is 3.29. The minimum Gasteiger partial charge on any atom is -0.369 e. The first-order chi connectivity index (χ1) is 9.88. The van der Waals surface area contributed by atoms with Crippen molar-refractivity contribution >= 4 is 16.8 Å². The third-order valence-corrected chi connectivity index (χ3v) is 4.77. The smallest absolute Gasteiger partial charge is 0.221 e. The molecule has 112 valence electrons. The number of hydrogen-bond donors (Lipinski definition) is 1. The van der Waals surface area contributed by atoms with Crippen LogP contribution in [-0.4, -0.2) is 21.4 Å². The summed E-state index contributed by atoms with van der Waals surface area (Å²) in [4.78, 5) is 13.8. The largest absolute Gasteiger partial charge is 0.369 e. The van der Waals surface area contributed by atoms with Crippen molar-refractivity contribution in [1.29, 1.82) is 0 Å². The van der Waals surface area contributed by atoms with Crippen molar-refractivity contribution in [2.75, 3.05) is 0 Å². The van der Waals surface area contributed by atoms with Crippen LogP contribution in [-0.2, 0) is 31.4 Å². The summed E-state index contributed by atoms with van der Waals surface area (Å²) in [5.41, 5.74) is 11.6. The summed E-state index contributed by atoms with van der Waals surface area (Å²) in [5.74, 6) is -0.269. The number of rotatable bonds is 3. The third kappa shape index (κ3) is 2.23. The number of carbonyl (C=O) groups is 1. The highest BCUT2D eigenvalue weighted by Crippen LogP contribution is 2.33. The molecule has 0 unspecified atom stereocenters. The molecule has 1 aromatic heterocycles. The van der Waals surface area contributed by atoms with E-state index in [2.05, 4.69) is 49.4 Å². The number of benzene rings is 1. The number of carbonyl (C=O) groups excluding carboxylic acids is 1. The third-order valence-electron chi connectivity index (χ3n) is 4.77. The maximum absolute atomic E-state index is 11.4. The summed E-state index contributed by atoms with van der Waals surface area (Å²) < 4.78 is 2.17. The second-order valence-electron chi connectivity index (χ2n) is 6.40. The number of amides is 1. The van der Waals surface area contributed by atoms with E-state index in [-0.39, 0.29) is 5.91 Å². The van der Waals surface area contributed by atoms with Gasteiger partial charge in [0, 0.05) is 42.8 Å². The molecule has 0 saturated heterocycles. The van der Waals surface area contributed by atoms with Gasteiger partial charge in [0.05, 0.1) is 6.42 Å². The topological polar surface area (TPSA) is 51.3 Å². The Morgan fingerprint density at radius 2 is 1.90 bits per heavy atom. The summed E-state index contributed by atoms with van der Waals surface area (Å²) in [7, 11) is 2.06. The van der Waals surface area contributed by atoms with Crippen LogP contribution in [0.4, 0.5) is 0 Å². The van der Waals surface area contributed by atoms with Gasteiger partial charge in [-0.2, -0.15) is 0 Å². The number of hydrogen-bond acceptors (Lipinski definition) is 2. The SMILES string of the molecule is Cc1c(CC(N)=O)c2cc3c(cc2n1C)CN(C(C)C)C3. The molecule has 21 heavy (non-hydrogen) atoms. The number of aromatic nitrogens is 1. The molecule has 0 fully saturated rings. The molecule has 0 saturated carbocycles. The van der Waals surface area contributed by atoms with Gasteiger partial charge in [-0.3, -0.25) is 9.69 Å². The second-order valence-corrected chi connectivity index (χ2v) is 6.40. The molecule has 0 spiro atoms. The predicted molar refractivity (Wildman–Crippen MR) is 84.9 cm³/mol. The fourth-order valence-electron chi connectivity index (χ4n) is 3.32. The molecule has 2 heterocycles. The van der Waals surface area contributed by atoms with Gasteiger partial charge in [0.25, 0.3) is 0 Å². The Bertz CT molecular complexity index is 727. The fourth-order valence-corrected chi connectivity index (χ4v) is 3.32. The Labute approximate surface area is 125 Å². The van der Waals surface area contributed by atoms with E-state index in [0.29, 0.717) is 12.5 Å². The van der Waals surface area contributed by atoms with Gasteiger partial charge in [0.2, 0.25) is 5.91 Å². The van der Waals surface area contributed by atoms with E-state index in [1.165, 1.54) is 22.0 Å². The van der Waals surface area contributed by atoms with Crippen molar-refractivity contribution in [3.63, 3.8) is 0 Å². The molecule has 1 amide bonds. The molecule has 2 aromatic rings. The predicted octanol–water partition coefficient (Wildman–Crippen LogP) is 2.24. The van der Waals surface area contributed by atoms with Gasteiger partial charge in [0.15, 0.2) is 0 Å². The molecule has 0 radical (unpaired) electrons. The quantitative estimate of drug-likeness (QED) is 0.940. The van der Waals surface area contributed by atoms with E-state index in [4.69, 9.17) is 5.73 Å². The van der Waals surface area contributed by atoms with Crippen molar-refractivity contribution in [3.8, 4) is 0 Å². The maximum Gasteiger partial charge on any atom is 0.221 e. The van der Waals surface area contributed by atoms with Gasteiger partial charge in [0.1, 0.15) is 0 Å². The lowest BCUT2D eigenvalue weighted by molar-refractivity contribution is -0.117. The van der Waals surface area contributed by atoms with E-state index in [0.717, 1.165) is 24.3 Å². The van der Waals surface area contributed by atoms with Gasteiger partial charge < -0.3 is 10.3 Å². The molecule has 1 aliphatic heterocycles. The Hall–Kier alpha value is -1.81. The number of primary amides is 1. The van der Waals surface area contributed by atoms with Gasteiger partial charge in [-0.25, -0.2) is 0 Å². The highest BCUT2D eigenvalue weighted by molar-refractivity contribution is 5.91. The van der Waals surface area contributed by atoms with Crippen LogP contribution in [0.2, 0.25) is 0 Å². The summed E-state index contributed by atoms with van der Waals surface area (Å²) in [6.45, 7) is 8.53. The van der Waals surface area contributed by atoms with Crippen molar-refractivity contribution in [2.45, 2.75) is 46.3 Å². The molecular weight excluding hydrogens is 262 g/mol. The Morgan fingerprint density at radius 1 is 1.29 bits per heavy atom. The first kappa shape index (κ1) is 14.1. The normalized spacial score (nSPS) is 15.1. The van der Waals surface area contributed by atoms with Crippen molar-refractivity contribution in [1.82, 2.24) is 9.47 Å². The zero-order chi connectivity index (χ0) is 15.3. The van der Waals surface area contributed by atoms with E-state index >= 15 is 0 Å². The average molecular weight is 285 g/mol. The van der Waals surface area contributed by atoms with Crippen LogP contribution in [0.3, 0.4) is 0 Å². The fraction of sp³-hybridized carbons (Fsp3) is 0.471. The maximum atomic E-state index is 11.4. The highest BCUT2D eigenvalue weighted by Gasteiger charge is 2.24. The Morgan fingerprint density at radius 3 is 2.48 bits per heavy atom. The minimum absolute atomic E-state index is 0.269.